The average Bonchev–Trinajstić information content (AvgIpc) is 3.24. The molecule has 6 heteroatoms. The van der Waals surface area contributed by atoms with Crippen LogP contribution >= 0.6 is 0 Å². The molecule has 3 aliphatic rings. The van der Waals surface area contributed by atoms with Gasteiger partial charge in [0.1, 0.15) is 11.9 Å². The van der Waals surface area contributed by atoms with Crippen LogP contribution in [-0.2, 0) is 9.53 Å². The van der Waals surface area contributed by atoms with Gasteiger partial charge in [-0.15, -0.1) is 0 Å². The third kappa shape index (κ3) is 3.91. The van der Waals surface area contributed by atoms with Gasteiger partial charge in [0, 0.05) is 30.8 Å². The number of amides is 1. The summed E-state index contributed by atoms with van der Waals surface area (Å²) in [6.07, 6.45) is 3.43. The zero-order valence-electron chi connectivity index (χ0n) is 18.5. The lowest BCUT2D eigenvalue weighted by atomic mass is 9.88. The van der Waals surface area contributed by atoms with Crippen molar-refractivity contribution in [3.63, 3.8) is 0 Å². The molecule has 1 saturated carbocycles. The average molecular weight is 438 g/mol. The van der Waals surface area contributed by atoms with Crippen molar-refractivity contribution in [3.05, 3.63) is 53.6 Å². The molecule has 6 nitrogen and oxygen atoms in total. The summed E-state index contributed by atoms with van der Waals surface area (Å²) in [6, 6.07) is 13.7. The predicted octanol–water partition coefficient (Wildman–Crippen LogP) is 3.62. The number of rotatable bonds is 5. The highest BCUT2D eigenvalue weighted by molar-refractivity contribution is 5.81. The molecule has 2 saturated heterocycles. The number of hydrogen-bond donors (Lipinski definition) is 2. The van der Waals surface area contributed by atoms with Crippen molar-refractivity contribution < 1.29 is 24.5 Å². The van der Waals surface area contributed by atoms with Gasteiger partial charge in [0.15, 0.2) is 6.29 Å². The Hall–Kier alpha value is -2.41. The molecule has 2 aromatic carbocycles. The molecule has 32 heavy (non-hydrogen) atoms. The van der Waals surface area contributed by atoms with Crippen molar-refractivity contribution in [1.29, 1.82) is 0 Å². The Morgan fingerprint density at radius 3 is 2.53 bits per heavy atom. The van der Waals surface area contributed by atoms with E-state index in [0.29, 0.717) is 29.3 Å². The van der Waals surface area contributed by atoms with E-state index in [1.807, 2.05) is 4.90 Å². The molecule has 2 N–H and O–H groups in total. The van der Waals surface area contributed by atoms with E-state index in [2.05, 4.69) is 24.3 Å². The molecule has 2 atom stereocenters. The van der Waals surface area contributed by atoms with Crippen molar-refractivity contribution in [3.8, 4) is 16.9 Å². The Balaban J connectivity index is 1.26. The number of likely N-dealkylation sites (tertiary alicyclic amines) is 1. The van der Waals surface area contributed by atoms with Gasteiger partial charge in [-0.1, -0.05) is 30.3 Å². The van der Waals surface area contributed by atoms with Crippen molar-refractivity contribution in [2.24, 2.45) is 5.41 Å². The summed E-state index contributed by atoms with van der Waals surface area (Å²) in [4.78, 5) is 14.6. The number of hydrogen-bond acceptors (Lipinski definition) is 5. The minimum Gasteiger partial charge on any atom is -0.496 e. The van der Waals surface area contributed by atoms with Gasteiger partial charge >= 0.3 is 0 Å². The number of benzene rings is 2. The van der Waals surface area contributed by atoms with E-state index in [-0.39, 0.29) is 12.0 Å². The van der Waals surface area contributed by atoms with Crippen molar-refractivity contribution in [1.82, 2.24) is 4.90 Å². The SMILES string of the molecule is COc1ccc(C(O)O)cc1-c1ccc([C@H]2CC23CCN(C(=O)[C@H]2CCCO2)CC3)cc1. The van der Waals surface area contributed by atoms with Crippen LogP contribution in [0.3, 0.4) is 0 Å². The van der Waals surface area contributed by atoms with E-state index in [0.717, 1.165) is 49.9 Å². The van der Waals surface area contributed by atoms with Gasteiger partial charge < -0.3 is 24.6 Å². The van der Waals surface area contributed by atoms with Crippen LogP contribution in [0.25, 0.3) is 11.1 Å². The number of aliphatic hydroxyl groups excluding tert-OH is 1. The largest absolute Gasteiger partial charge is 0.496 e. The van der Waals surface area contributed by atoms with Crippen LogP contribution in [0.1, 0.15) is 55.4 Å². The second-order valence-electron chi connectivity index (χ2n) is 9.40. The highest BCUT2D eigenvalue weighted by atomic mass is 16.5. The first-order valence-electron chi connectivity index (χ1n) is 11.6. The summed E-state index contributed by atoms with van der Waals surface area (Å²) >= 11 is 0. The molecule has 2 heterocycles. The molecule has 0 aromatic heterocycles. The maximum atomic E-state index is 12.6. The predicted molar refractivity (Wildman–Crippen MR) is 120 cm³/mol. The van der Waals surface area contributed by atoms with E-state index in [1.165, 1.54) is 12.0 Å². The molecule has 1 aliphatic carbocycles. The van der Waals surface area contributed by atoms with Crippen LogP contribution in [0.2, 0.25) is 0 Å². The molecule has 1 spiro atoms. The van der Waals surface area contributed by atoms with E-state index in [9.17, 15) is 15.0 Å². The molecule has 1 amide bonds. The fraction of sp³-hybridized carbons (Fsp3) is 0.500. The van der Waals surface area contributed by atoms with Crippen LogP contribution in [0, 0.1) is 5.41 Å². The summed E-state index contributed by atoms with van der Waals surface area (Å²) in [5.41, 5.74) is 3.93. The molecular weight excluding hydrogens is 406 g/mol. The zero-order valence-corrected chi connectivity index (χ0v) is 18.5. The van der Waals surface area contributed by atoms with E-state index < -0.39 is 6.29 Å². The van der Waals surface area contributed by atoms with Gasteiger partial charge in [-0.25, -0.2) is 0 Å². The fourth-order valence-corrected chi connectivity index (χ4v) is 5.53. The van der Waals surface area contributed by atoms with E-state index >= 15 is 0 Å². The number of aliphatic hydroxyl groups is 2. The molecule has 0 radical (unpaired) electrons. The summed E-state index contributed by atoms with van der Waals surface area (Å²) in [5, 5.41) is 19.0. The van der Waals surface area contributed by atoms with Crippen LogP contribution < -0.4 is 4.74 Å². The van der Waals surface area contributed by atoms with Crippen molar-refractivity contribution >= 4 is 5.91 Å². The number of carbonyl (C=O) groups excluding carboxylic acids is 1. The highest BCUT2D eigenvalue weighted by Gasteiger charge is 2.55. The monoisotopic (exact) mass is 437 g/mol. The highest BCUT2D eigenvalue weighted by Crippen LogP contribution is 2.65. The second-order valence-corrected chi connectivity index (χ2v) is 9.40. The topological polar surface area (TPSA) is 79.2 Å². The second kappa shape index (κ2) is 8.50. The molecule has 2 aromatic rings. The molecule has 5 rings (SSSR count). The lowest BCUT2D eigenvalue weighted by Crippen LogP contribution is -2.44. The number of nitrogens with zero attached hydrogens (tertiary/aromatic N) is 1. The van der Waals surface area contributed by atoms with Gasteiger partial charge in [-0.05, 0) is 66.7 Å². The maximum absolute atomic E-state index is 12.6. The van der Waals surface area contributed by atoms with Crippen LogP contribution in [0.4, 0.5) is 0 Å². The minimum absolute atomic E-state index is 0.183. The Morgan fingerprint density at radius 2 is 1.91 bits per heavy atom. The molecule has 2 aliphatic heterocycles. The number of piperidine rings is 1. The van der Waals surface area contributed by atoms with Gasteiger partial charge in [-0.2, -0.15) is 0 Å². The number of methoxy groups -OCH3 is 1. The Morgan fingerprint density at radius 1 is 1.16 bits per heavy atom. The van der Waals surface area contributed by atoms with E-state index in [1.54, 1.807) is 25.3 Å². The van der Waals surface area contributed by atoms with Gasteiger partial charge in [0.2, 0.25) is 0 Å². The summed E-state index contributed by atoms with van der Waals surface area (Å²) in [6.45, 7) is 2.38. The molecule has 170 valence electrons. The lowest BCUT2D eigenvalue weighted by molar-refractivity contribution is -0.142. The third-order valence-corrected chi connectivity index (χ3v) is 7.61. The first kappa shape index (κ1) is 21.4. The Bertz CT molecular complexity index is 972. The normalized spacial score (nSPS) is 24.2. The maximum Gasteiger partial charge on any atom is 0.251 e. The Kier molecular flexibility index (Phi) is 5.70. The molecule has 3 fully saturated rings. The standard InChI is InChI=1S/C26H31NO5/c1-31-22-9-8-19(25(29)30)15-20(22)17-4-6-18(7-5-17)21-16-26(21)10-12-27(13-11-26)24(28)23-3-2-14-32-23/h4-9,15,21,23,25,29-30H,2-3,10-14,16H2,1H3/t21-,23-/m1/s1. The first-order chi connectivity index (χ1) is 15.5. The summed E-state index contributed by atoms with van der Waals surface area (Å²) in [7, 11) is 1.62. The van der Waals surface area contributed by atoms with Crippen molar-refractivity contribution in [2.75, 3.05) is 26.8 Å². The number of ether oxygens (including phenoxy) is 2. The summed E-state index contributed by atoms with van der Waals surface area (Å²) in [5.74, 6) is 1.43. The van der Waals surface area contributed by atoms with Gasteiger partial charge in [0.05, 0.1) is 7.11 Å². The minimum atomic E-state index is -1.51. The van der Waals surface area contributed by atoms with Crippen LogP contribution in [0.15, 0.2) is 42.5 Å². The third-order valence-electron chi connectivity index (χ3n) is 7.61. The van der Waals surface area contributed by atoms with Crippen molar-refractivity contribution in [2.45, 2.75) is 50.4 Å². The smallest absolute Gasteiger partial charge is 0.251 e. The van der Waals surface area contributed by atoms with E-state index in [4.69, 9.17) is 9.47 Å². The van der Waals surface area contributed by atoms with Crippen LogP contribution in [0.5, 0.6) is 5.75 Å². The lowest BCUT2D eigenvalue weighted by Gasteiger charge is -2.34. The van der Waals surface area contributed by atoms with Crippen LogP contribution in [-0.4, -0.2) is 53.9 Å². The quantitative estimate of drug-likeness (QED) is 0.699. The fourth-order valence-electron chi connectivity index (χ4n) is 5.53. The molecular formula is C26H31NO5. The Labute approximate surface area is 188 Å². The molecule has 0 unspecified atom stereocenters. The zero-order chi connectivity index (χ0) is 22.3. The molecule has 0 bridgehead atoms. The number of carbonyl (C=O) groups is 1. The first-order valence-corrected chi connectivity index (χ1v) is 11.6. The van der Waals surface area contributed by atoms with Gasteiger partial charge in [0.25, 0.3) is 5.91 Å². The van der Waals surface area contributed by atoms with Gasteiger partial charge in [-0.3, -0.25) is 4.79 Å². The summed E-state index contributed by atoms with van der Waals surface area (Å²) < 4.78 is 11.1.